The van der Waals surface area contributed by atoms with Crippen molar-refractivity contribution in [2.45, 2.75) is 31.1 Å². The zero-order chi connectivity index (χ0) is 19.7. The van der Waals surface area contributed by atoms with Gasteiger partial charge in [-0.2, -0.15) is 13.2 Å². The number of alkyl halides is 4. The Hall–Kier alpha value is -2.41. The van der Waals surface area contributed by atoms with E-state index in [1.807, 2.05) is 0 Å². The minimum Gasteiger partial charge on any atom is -0.322 e. The van der Waals surface area contributed by atoms with E-state index in [1.54, 1.807) is 12.1 Å². The van der Waals surface area contributed by atoms with Crippen LogP contribution >= 0.6 is 11.6 Å². The first-order valence-electron chi connectivity index (χ1n) is 8.17. The van der Waals surface area contributed by atoms with Crippen LogP contribution in [-0.2, 0) is 16.6 Å². The van der Waals surface area contributed by atoms with Crippen LogP contribution in [0.2, 0.25) is 5.02 Å². The Morgan fingerprint density at radius 2 is 1.89 bits per heavy atom. The van der Waals surface area contributed by atoms with Gasteiger partial charge in [-0.05, 0) is 49.2 Å². The van der Waals surface area contributed by atoms with Crippen LogP contribution in [0.1, 0.15) is 30.5 Å². The van der Waals surface area contributed by atoms with Crippen LogP contribution in [0.15, 0.2) is 54.2 Å². The molecule has 2 aromatic rings. The van der Waals surface area contributed by atoms with Gasteiger partial charge in [0.1, 0.15) is 0 Å². The van der Waals surface area contributed by atoms with Gasteiger partial charge < -0.3 is 5.32 Å². The second-order valence-corrected chi connectivity index (χ2v) is 6.67. The van der Waals surface area contributed by atoms with E-state index in [1.165, 1.54) is 24.4 Å². The molecule has 0 radical (unpaired) electrons. The van der Waals surface area contributed by atoms with E-state index in [2.05, 4.69) is 10.3 Å². The molecule has 1 aromatic carbocycles. The summed E-state index contributed by atoms with van der Waals surface area (Å²) in [5, 5.41) is 2.76. The summed E-state index contributed by atoms with van der Waals surface area (Å²) >= 11 is 6.02. The topological polar surface area (TPSA) is 42.0 Å². The summed E-state index contributed by atoms with van der Waals surface area (Å²) in [6.07, 6.45) is -1.36. The van der Waals surface area contributed by atoms with E-state index in [4.69, 9.17) is 11.6 Å². The summed E-state index contributed by atoms with van der Waals surface area (Å²) in [6, 6.07) is 7.30. The van der Waals surface area contributed by atoms with Crippen LogP contribution in [0.3, 0.4) is 0 Å². The van der Waals surface area contributed by atoms with Crippen LogP contribution in [-0.4, -0.2) is 10.9 Å². The van der Waals surface area contributed by atoms with E-state index >= 15 is 4.39 Å². The Labute approximate surface area is 158 Å². The van der Waals surface area contributed by atoms with Crippen molar-refractivity contribution >= 4 is 23.2 Å². The number of rotatable bonds is 3. The maximum Gasteiger partial charge on any atom is 0.416 e. The molecular formula is C19H15ClF4N2O. The van der Waals surface area contributed by atoms with Gasteiger partial charge in [0.25, 0.3) is 5.91 Å². The average molecular weight is 399 g/mol. The van der Waals surface area contributed by atoms with Crippen molar-refractivity contribution in [1.29, 1.82) is 0 Å². The fourth-order valence-corrected chi connectivity index (χ4v) is 3.20. The summed E-state index contributed by atoms with van der Waals surface area (Å²) < 4.78 is 52.9. The Morgan fingerprint density at radius 1 is 1.19 bits per heavy atom. The molecule has 0 saturated carbocycles. The van der Waals surface area contributed by atoms with Gasteiger partial charge in [0, 0.05) is 23.9 Å². The number of allylic oxidation sites excluding steroid dienone is 1. The molecule has 3 rings (SSSR count). The molecule has 1 atom stereocenters. The van der Waals surface area contributed by atoms with E-state index in [-0.39, 0.29) is 35.7 Å². The molecule has 1 heterocycles. The monoisotopic (exact) mass is 398 g/mol. The fourth-order valence-electron chi connectivity index (χ4n) is 2.91. The molecule has 0 bridgehead atoms. The Morgan fingerprint density at radius 3 is 2.44 bits per heavy atom. The quantitative estimate of drug-likeness (QED) is 0.677. The van der Waals surface area contributed by atoms with Crippen LogP contribution in [0.25, 0.3) is 0 Å². The number of amides is 1. The Balaban J connectivity index is 1.69. The van der Waals surface area contributed by atoms with Crippen molar-refractivity contribution < 1.29 is 22.4 Å². The number of benzene rings is 1. The van der Waals surface area contributed by atoms with E-state index in [9.17, 15) is 18.0 Å². The molecule has 0 unspecified atom stereocenters. The lowest BCUT2D eigenvalue weighted by atomic mass is 9.84. The van der Waals surface area contributed by atoms with Gasteiger partial charge >= 0.3 is 6.18 Å². The lowest BCUT2D eigenvalue weighted by molar-refractivity contribution is -0.137. The number of aromatic nitrogens is 1. The van der Waals surface area contributed by atoms with Crippen molar-refractivity contribution in [3.05, 3.63) is 70.5 Å². The van der Waals surface area contributed by atoms with Crippen LogP contribution in [0.4, 0.5) is 23.2 Å². The van der Waals surface area contributed by atoms with Gasteiger partial charge in [0.2, 0.25) is 0 Å². The lowest BCUT2D eigenvalue weighted by Gasteiger charge is -2.28. The summed E-state index contributed by atoms with van der Waals surface area (Å²) in [4.78, 5) is 16.3. The molecule has 1 aromatic heterocycles. The van der Waals surface area contributed by atoms with Gasteiger partial charge in [-0.25, -0.2) is 4.39 Å². The van der Waals surface area contributed by atoms with Gasteiger partial charge in [-0.3, -0.25) is 9.78 Å². The van der Waals surface area contributed by atoms with Gasteiger partial charge in [0.05, 0.1) is 16.3 Å². The summed E-state index contributed by atoms with van der Waals surface area (Å²) in [6.45, 7) is 0. The van der Waals surface area contributed by atoms with E-state index in [0.717, 1.165) is 12.1 Å². The van der Waals surface area contributed by atoms with Crippen LogP contribution in [0, 0.1) is 0 Å². The third-order valence-electron chi connectivity index (χ3n) is 4.41. The van der Waals surface area contributed by atoms with Crippen molar-refractivity contribution in [2.24, 2.45) is 0 Å². The fraction of sp³-hybridized carbons (Fsp3) is 0.263. The summed E-state index contributed by atoms with van der Waals surface area (Å²) in [7, 11) is 0. The molecular weight excluding hydrogens is 384 g/mol. The molecule has 1 amide bonds. The molecule has 1 aliphatic rings. The second kappa shape index (κ2) is 7.31. The first kappa shape index (κ1) is 19.4. The number of nitrogens with zero attached hydrogens (tertiary/aromatic N) is 1. The number of pyridine rings is 1. The number of nitrogens with one attached hydrogen (secondary N) is 1. The largest absolute Gasteiger partial charge is 0.416 e. The third-order valence-corrected chi connectivity index (χ3v) is 4.71. The molecule has 1 N–H and O–H groups in total. The van der Waals surface area contributed by atoms with Crippen molar-refractivity contribution in [3.8, 4) is 0 Å². The van der Waals surface area contributed by atoms with Crippen molar-refractivity contribution in [3.63, 3.8) is 0 Å². The molecule has 3 nitrogen and oxygen atoms in total. The first-order chi connectivity index (χ1) is 12.7. The molecule has 0 aliphatic heterocycles. The Bertz CT molecular complexity index is 880. The molecule has 0 saturated heterocycles. The molecule has 142 valence electrons. The van der Waals surface area contributed by atoms with Crippen molar-refractivity contribution in [1.82, 2.24) is 4.98 Å². The second-order valence-electron chi connectivity index (χ2n) is 6.26. The average Bonchev–Trinajstić information content (AvgIpc) is 2.62. The molecule has 8 heteroatoms. The number of hydrogen-bond acceptors (Lipinski definition) is 2. The number of carbonyl (C=O) groups is 1. The molecule has 27 heavy (non-hydrogen) atoms. The highest BCUT2D eigenvalue weighted by Crippen LogP contribution is 2.41. The molecule has 0 spiro atoms. The van der Waals surface area contributed by atoms with Crippen LogP contribution in [0.5, 0.6) is 0 Å². The predicted molar refractivity (Wildman–Crippen MR) is 94.0 cm³/mol. The van der Waals surface area contributed by atoms with Crippen molar-refractivity contribution in [2.75, 3.05) is 5.32 Å². The number of halogens is 5. The molecule has 1 aliphatic carbocycles. The number of anilines is 1. The summed E-state index contributed by atoms with van der Waals surface area (Å²) in [5.74, 6) is -0.469. The zero-order valence-corrected chi connectivity index (χ0v) is 14.7. The minimum atomic E-state index is -4.44. The maximum atomic E-state index is 15.2. The normalized spacial score (nSPS) is 20.1. The standard InChI is InChI=1S/C19H15ClF4N2O/c20-15-2-1-11-25-16(15)18(21)9-7-12(8-10-18)17(27)26-14-5-3-13(4-6-14)19(22,23)24/h1-7,11H,8-10H2,(H,26,27)/t18-/m0/s1. The first-order valence-corrected chi connectivity index (χ1v) is 8.54. The highest BCUT2D eigenvalue weighted by Gasteiger charge is 2.38. The zero-order valence-electron chi connectivity index (χ0n) is 14.0. The number of carbonyl (C=O) groups excluding carboxylic acids is 1. The maximum absolute atomic E-state index is 15.2. The summed E-state index contributed by atoms with van der Waals surface area (Å²) in [5.41, 5.74) is -1.80. The SMILES string of the molecule is O=C(Nc1ccc(C(F)(F)F)cc1)C1=CC[C@@](F)(c2ncccc2Cl)CC1. The van der Waals surface area contributed by atoms with Gasteiger partial charge in [-0.15, -0.1) is 0 Å². The van der Waals surface area contributed by atoms with Gasteiger partial charge in [-0.1, -0.05) is 17.7 Å². The van der Waals surface area contributed by atoms with E-state index < -0.39 is 23.3 Å². The highest BCUT2D eigenvalue weighted by molar-refractivity contribution is 6.31. The van der Waals surface area contributed by atoms with E-state index in [0.29, 0.717) is 5.57 Å². The minimum absolute atomic E-state index is 0.0377. The highest BCUT2D eigenvalue weighted by atomic mass is 35.5. The molecule has 0 fully saturated rings. The predicted octanol–water partition coefficient (Wildman–Crippen LogP) is 5.67. The van der Waals surface area contributed by atoms with Crippen LogP contribution < -0.4 is 5.32 Å². The lowest BCUT2D eigenvalue weighted by Crippen LogP contribution is -2.27. The smallest absolute Gasteiger partial charge is 0.322 e. The number of hydrogen-bond donors (Lipinski definition) is 1. The Kier molecular flexibility index (Phi) is 5.24. The van der Waals surface area contributed by atoms with Gasteiger partial charge in [0.15, 0.2) is 5.67 Å². The third kappa shape index (κ3) is 4.30.